The molecule has 1 N–H and O–H groups in total. The van der Waals surface area contributed by atoms with E-state index in [1.54, 1.807) is 32.0 Å². The molecule has 0 bridgehead atoms. The highest BCUT2D eigenvalue weighted by molar-refractivity contribution is 7.99. The Morgan fingerprint density at radius 3 is 1.14 bits per heavy atom. The fourth-order valence-corrected chi connectivity index (χ4v) is 12.8. The summed E-state index contributed by atoms with van der Waals surface area (Å²) in [5.74, 6) is -12.1. The molecule has 558 valence electrons. The predicted octanol–water partition coefficient (Wildman–Crippen LogP) is 1.60. The van der Waals surface area contributed by atoms with Crippen LogP contribution >= 0.6 is 11.8 Å². The third-order valence-corrected chi connectivity index (χ3v) is 16.5. The molecule has 0 aliphatic carbocycles. The average Bonchev–Trinajstić information content (AvgIpc) is 0.755. The van der Waals surface area contributed by atoms with Crippen molar-refractivity contribution in [1.82, 2.24) is 5.32 Å². The Morgan fingerprint density at radius 1 is 0.360 bits per heavy atom. The lowest BCUT2D eigenvalue weighted by atomic mass is 9.92. The highest BCUT2D eigenvalue weighted by atomic mass is 32.2. The van der Waals surface area contributed by atoms with E-state index in [-0.39, 0.29) is 17.7 Å². The summed E-state index contributed by atoms with van der Waals surface area (Å²) in [4.78, 5) is 172. The second kappa shape index (κ2) is 37.3. The highest BCUT2D eigenvalue weighted by Crippen LogP contribution is 2.42. The molecule has 36 heteroatoms. The molecule has 100 heavy (non-hydrogen) atoms. The first-order valence-electron chi connectivity index (χ1n) is 32.0. The van der Waals surface area contributed by atoms with Crippen LogP contribution in [0.1, 0.15) is 128 Å². The van der Waals surface area contributed by atoms with Crippen molar-refractivity contribution in [3.05, 3.63) is 35.9 Å². The van der Waals surface area contributed by atoms with Gasteiger partial charge in [0.25, 0.3) is 0 Å². The molecule has 0 radical (unpaired) electrons. The molecule has 35 nitrogen and oxygen atoms in total. The van der Waals surface area contributed by atoms with Gasteiger partial charge in [0.05, 0.1) is 23.9 Å². The lowest BCUT2D eigenvalue weighted by Crippen LogP contribution is -2.71. The molecule has 15 unspecified atom stereocenters. The quantitative estimate of drug-likeness (QED) is 0.0965. The van der Waals surface area contributed by atoms with Crippen LogP contribution in [-0.4, -0.2) is 249 Å². The number of hydrogen-bond acceptors (Lipinski definition) is 35. The van der Waals surface area contributed by atoms with E-state index in [0.29, 0.717) is 0 Å². The number of carbonyl (C=O) groups is 13. The molecule has 0 aromatic heterocycles. The topological polar surface area (TPSA) is 428 Å². The van der Waals surface area contributed by atoms with Crippen molar-refractivity contribution in [2.45, 2.75) is 270 Å². The van der Waals surface area contributed by atoms with Crippen molar-refractivity contribution < 1.29 is 162 Å². The zero-order chi connectivity index (χ0) is 74.1. The van der Waals surface area contributed by atoms with Gasteiger partial charge in [-0.1, -0.05) is 32.0 Å². The van der Waals surface area contributed by atoms with Crippen LogP contribution in [0.3, 0.4) is 0 Å². The zero-order valence-corrected chi connectivity index (χ0v) is 58.8. The van der Waals surface area contributed by atoms with E-state index in [4.69, 9.17) is 99.5 Å². The molecule has 0 saturated carbocycles. The van der Waals surface area contributed by atoms with Gasteiger partial charge in [-0.25, -0.2) is 4.79 Å². The first-order valence-corrected chi connectivity index (χ1v) is 33.0. The van der Waals surface area contributed by atoms with Gasteiger partial charge in [0.1, 0.15) is 55.2 Å². The molecule has 25 atom stereocenters. The molecule has 5 aliphatic rings. The Bertz CT molecular complexity index is 3060. The van der Waals surface area contributed by atoms with E-state index in [0.717, 1.165) is 94.8 Å². The lowest BCUT2D eigenvalue weighted by Gasteiger charge is -2.53. The number of esters is 12. The van der Waals surface area contributed by atoms with Crippen molar-refractivity contribution in [3.8, 4) is 0 Å². The van der Waals surface area contributed by atoms with Crippen LogP contribution in [0.25, 0.3) is 0 Å². The maximum Gasteiger partial charge on any atom is 0.338 e. The van der Waals surface area contributed by atoms with E-state index in [1.165, 1.54) is 26.0 Å². The predicted molar refractivity (Wildman–Crippen MR) is 329 cm³/mol. The van der Waals surface area contributed by atoms with Gasteiger partial charge in [-0.2, -0.15) is 0 Å². The summed E-state index contributed by atoms with van der Waals surface area (Å²) in [6.45, 7) is 16.9. The summed E-state index contributed by atoms with van der Waals surface area (Å²) in [6.07, 6.45) is -40.9. The molecule has 5 heterocycles. The standard InChI is InChI=1S/C64H87NO34S/c1-17-41-47(96-63-57(53(89-37(14)75)48(85-33(10)71)42(93-63)24-79-29(6)67)99-62-56(91-39(16)77)52(88-36(13)74)46(27(4)82-62)84-32(9)70)50(97-61-55(90-38(15)76)51(87-35(12)73)45(26(3)81-61)83-31(8)69)44(65-28(5)66)60(92-41)98-54-49(86-34(11)72)43(25-80-30(7)68)94-64(100-18-2)58(54)95-59(78)40-22-20-19-21-23-40/h19-23,26-27,41-58,60-64H,17-18,24-25H2,1-16H3,(H,65,66)/t26?,27?,41?,42?,43?,44?,45?,46-,47?,48?,49?,50+,51-,52?,53-,54-,55?,56-,57?,58?,60-,61+,62?,63-,64-/m0/s1. The van der Waals surface area contributed by atoms with Crippen molar-refractivity contribution in [2.24, 2.45) is 0 Å². The first-order chi connectivity index (χ1) is 47.1. The van der Waals surface area contributed by atoms with E-state index in [9.17, 15) is 62.3 Å². The van der Waals surface area contributed by atoms with E-state index in [2.05, 4.69) is 5.32 Å². The van der Waals surface area contributed by atoms with Crippen molar-refractivity contribution in [3.63, 3.8) is 0 Å². The number of hydrogen-bond donors (Lipinski definition) is 1. The Balaban J connectivity index is 1.67. The highest BCUT2D eigenvalue weighted by Gasteiger charge is 2.62. The summed E-state index contributed by atoms with van der Waals surface area (Å²) in [6, 6.07) is 5.81. The SMILES string of the molecule is CCS[C@@H]1OC(COC(C)=O)C(OC(C)=O)[C@H](O[C@@H]2OC(CC)C(O[C@@H]3OC(COC(C)=O)C(OC(C)=O)[C@H](OC(C)=O)C3OC3OC(C)[C@H](OC(C)=O)C(OC(C)=O)[C@@H]3OC(C)=O)[C@H](O[C@H]3OC(C)C(OC(C)=O)[C@H](OC(C)=O)C3OC(C)=O)C2NC(C)=O)C1OC(=O)c1ccccc1. The molecule has 5 saturated heterocycles. The summed E-state index contributed by atoms with van der Waals surface area (Å²) in [5, 5.41) is 2.76. The molecular formula is C64H87NO34S. The molecule has 5 fully saturated rings. The Hall–Kier alpha value is -7.68. The van der Waals surface area contributed by atoms with Crippen LogP contribution in [0.5, 0.6) is 0 Å². The summed E-state index contributed by atoms with van der Waals surface area (Å²) >= 11 is 1.10. The maximum atomic E-state index is 14.3. The fourth-order valence-electron chi connectivity index (χ4n) is 11.9. The van der Waals surface area contributed by atoms with Crippen LogP contribution in [0.15, 0.2) is 30.3 Å². The Kier molecular flexibility index (Phi) is 30.3. The van der Waals surface area contributed by atoms with E-state index in [1.807, 2.05) is 0 Å². The zero-order valence-electron chi connectivity index (χ0n) is 57.9. The number of nitrogens with one attached hydrogen (secondary N) is 1. The second-order valence-corrected chi connectivity index (χ2v) is 24.9. The summed E-state index contributed by atoms with van der Waals surface area (Å²) in [5.41, 5.74) is -1.19. The third kappa shape index (κ3) is 22.4. The monoisotopic (exact) mass is 1450 g/mol. The molecule has 6 rings (SSSR count). The Labute approximate surface area is 579 Å². The molecule has 1 aromatic carbocycles. The van der Waals surface area contributed by atoms with E-state index >= 15 is 0 Å². The van der Waals surface area contributed by atoms with Gasteiger partial charge in [-0.15, -0.1) is 11.8 Å². The number of thioether (sulfide) groups is 1. The molecule has 1 amide bonds. The van der Waals surface area contributed by atoms with Gasteiger partial charge in [-0.05, 0) is 38.2 Å². The minimum atomic E-state index is -2.19. The first kappa shape index (κ1) is 81.3. The molecule has 0 spiro atoms. The minimum Gasteiger partial charge on any atom is -0.463 e. The fraction of sp³-hybridized carbons (Fsp3) is 0.703. The maximum absolute atomic E-state index is 14.3. The molecular weight excluding hydrogens is 1360 g/mol. The summed E-state index contributed by atoms with van der Waals surface area (Å²) < 4.78 is 130. The van der Waals surface area contributed by atoms with Gasteiger partial charge in [0.15, 0.2) is 92.3 Å². The third-order valence-electron chi connectivity index (χ3n) is 15.4. The normalized spacial score (nSPS) is 34.0. The van der Waals surface area contributed by atoms with Crippen LogP contribution in [-0.2, 0) is 157 Å². The van der Waals surface area contributed by atoms with Crippen molar-refractivity contribution in [2.75, 3.05) is 19.0 Å². The van der Waals surface area contributed by atoms with Gasteiger partial charge >= 0.3 is 71.6 Å². The number of amides is 1. The van der Waals surface area contributed by atoms with Crippen LogP contribution in [0, 0.1) is 0 Å². The average molecular weight is 1450 g/mol. The smallest absolute Gasteiger partial charge is 0.338 e. The second-order valence-electron chi connectivity index (χ2n) is 23.5. The van der Waals surface area contributed by atoms with Crippen LogP contribution in [0.2, 0.25) is 0 Å². The van der Waals surface area contributed by atoms with Gasteiger partial charge < -0.3 is 105 Å². The van der Waals surface area contributed by atoms with Crippen molar-refractivity contribution in [1.29, 1.82) is 0 Å². The largest absolute Gasteiger partial charge is 0.463 e. The number of carbonyl (C=O) groups excluding carboxylic acids is 13. The Morgan fingerprint density at radius 2 is 0.720 bits per heavy atom. The number of benzene rings is 1. The van der Waals surface area contributed by atoms with Crippen molar-refractivity contribution >= 4 is 89.3 Å². The van der Waals surface area contributed by atoms with Crippen LogP contribution in [0.4, 0.5) is 0 Å². The molecule has 5 aliphatic heterocycles. The van der Waals surface area contributed by atoms with E-state index < -0.39 is 243 Å². The van der Waals surface area contributed by atoms with Crippen LogP contribution < -0.4 is 5.32 Å². The van der Waals surface area contributed by atoms with Gasteiger partial charge in [0, 0.05) is 83.1 Å². The lowest BCUT2D eigenvalue weighted by molar-refractivity contribution is -0.395. The number of rotatable bonds is 27. The molecule has 1 aromatic rings. The summed E-state index contributed by atoms with van der Waals surface area (Å²) in [7, 11) is 0. The minimum absolute atomic E-state index is 0.0449. The van der Waals surface area contributed by atoms with Gasteiger partial charge in [-0.3, -0.25) is 57.5 Å². The van der Waals surface area contributed by atoms with Gasteiger partial charge in [0.2, 0.25) is 5.91 Å². The number of ether oxygens (including phenoxy) is 21.